The Kier molecular flexibility index (Phi) is 39.5. The fourth-order valence-corrected chi connectivity index (χ4v) is 17.0. The van der Waals surface area contributed by atoms with Crippen LogP contribution in [0.15, 0.2) is 274 Å². The predicted molar refractivity (Wildman–Crippen MR) is 567 cm³/mol. The van der Waals surface area contributed by atoms with Crippen molar-refractivity contribution in [3.63, 3.8) is 0 Å². The molecule has 21 nitrogen and oxygen atoms in total. The highest BCUT2D eigenvalue weighted by atomic mass is 16.5. The Bertz CT molecular complexity index is 6190. The van der Waals surface area contributed by atoms with Gasteiger partial charge in [0.25, 0.3) is 0 Å². The van der Waals surface area contributed by atoms with Crippen LogP contribution in [0.4, 0.5) is 0 Å². The lowest BCUT2D eigenvalue weighted by Gasteiger charge is -2.33. The van der Waals surface area contributed by atoms with Gasteiger partial charge in [-0.2, -0.15) is 0 Å². The number of hydrogen-bond acceptors (Lipinski definition) is 21. The molecule has 0 amide bonds. The number of para-hydroxylation sites is 4. The first-order valence-electron chi connectivity index (χ1n) is 47.5. The molecule has 10 aromatic rings. The molecule has 21 heteroatoms. The quantitative estimate of drug-likeness (QED) is 0.0515. The Morgan fingerprint density at radius 3 is 0.986 bits per heavy atom. The van der Waals surface area contributed by atoms with Crippen LogP contribution in [0.25, 0.3) is 60.8 Å². The van der Waals surface area contributed by atoms with E-state index in [-0.39, 0.29) is 28.9 Å². The fraction of sp³-hybridized carbons (Fsp3) is 0.303. The van der Waals surface area contributed by atoms with Crippen LogP contribution in [0, 0.1) is 20.8 Å². The second-order valence-corrected chi connectivity index (χ2v) is 35.9. The molecule has 0 radical (unpaired) electrons. The first-order valence-corrected chi connectivity index (χ1v) is 47.5. The van der Waals surface area contributed by atoms with Crippen molar-refractivity contribution >= 4 is 89.7 Å². The third kappa shape index (κ3) is 28.5. The van der Waals surface area contributed by atoms with E-state index < -0.39 is 0 Å². The molecule has 5 saturated heterocycles. The van der Waals surface area contributed by atoms with Crippen molar-refractivity contribution in [3.8, 4) is 51.7 Å². The van der Waals surface area contributed by atoms with Gasteiger partial charge < -0.3 is 42.6 Å². The summed E-state index contributed by atoms with van der Waals surface area (Å²) in [6.07, 6.45) is 22.9. The van der Waals surface area contributed by atoms with Gasteiger partial charge in [0.15, 0.2) is 40.4 Å². The standard InChI is InChI=1S/2C26H31NO4.C24H27NO3.C24H27NO2.C19H19N3O/c1-17(2)27-15-19(13-21-18(3)9-7-10-23(21)29-4)26(28)20(16-27)14-22-24(30-5)11-8-12-25(22)31-6;1-17(2)27-15-21(13-19-10-7-9-18(3)25(19)30-5)24(28)22(16-27)14-20-11-8-12-23(29-4)26(20)31-6;1-17(2)25-15-20(13-18-9-5-7-11-22(18)27-3)24(26)21(16-25)14-19-10-6-8-12-23(19)28-4;1-17(2)25-15-21(12-19-8-5-7-18(3)11-19)24(26)22(16-25)13-20-9-6-10-23(14-20)27-4;1-2-22-13-15(11-17-7-3-5-9-20-17)19(23)16(14-22)12-18-8-4-6-10-21-18/h2*7-14,17H,15-16H2,1-6H3;5-14,17H,15-16H2,1-4H3;5-14,17H,15-16H2,1-4H3;3-12H,2,13-14H2,1H3/b19-13+,20-14+;21-13+,22-14+;20-13+,21-14+;21-12+,22-13+;15-11+,16-12+. The third-order valence-electron chi connectivity index (χ3n) is 25.0. The molecule has 7 heterocycles. The number of methoxy groups -OCH3 is 9. The van der Waals surface area contributed by atoms with E-state index in [0.717, 1.165) is 152 Å². The number of carbonyl (C=O) groups excluding carboxylic acids is 5. The zero-order valence-corrected chi connectivity index (χ0v) is 85.0. The third-order valence-corrected chi connectivity index (χ3v) is 25.0. The summed E-state index contributed by atoms with van der Waals surface area (Å²) in [4.78, 5) is 86.2. The zero-order chi connectivity index (χ0) is 101. The molecule has 0 unspecified atom stereocenters. The molecule has 0 aliphatic carbocycles. The number of pyridine rings is 2. The van der Waals surface area contributed by atoms with E-state index >= 15 is 0 Å². The van der Waals surface area contributed by atoms with Crippen molar-refractivity contribution in [2.24, 2.45) is 0 Å². The Morgan fingerprint density at radius 1 is 0.279 bits per heavy atom. The van der Waals surface area contributed by atoms with Crippen molar-refractivity contribution in [1.82, 2.24) is 34.5 Å². The number of benzene rings is 8. The fourth-order valence-electron chi connectivity index (χ4n) is 17.0. The summed E-state index contributed by atoms with van der Waals surface area (Å²) >= 11 is 0. The van der Waals surface area contributed by atoms with Crippen molar-refractivity contribution < 1.29 is 66.6 Å². The van der Waals surface area contributed by atoms with E-state index in [1.165, 1.54) is 5.56 Å². The topological polar surface area (TPSA) is 210 Å². The summed E-state index contributed by atoms with van der Waals surface area (Å²) in [5.41, 5.74) is 19.9. The summed E-state index contributed by atoms with van der Waals surface area (Å²) in [7, 11) is 14.7. The van der Waals surface area contributed by atoms with E-state index in [0.29, 0.717) is 118 Å². The number of aromatic nitrogens is 2. The molecular formula is C119H135N7O14. The average molecular weight is 1890 g/mol. The first-order chi connectivity index (χ1) is 67.5. The minimum atomic E-state index is 0.0372. The van der Waals surface area contributed by atoms with Crippen LogP contribution in [0.2, 0.25) is 0 Å². The normalized spacial score (nSPS) is 18.1. The molecule has 0 atom stereocenters. The van der Waals surface area contributed by atoms with Crippen LogP contribution in [-0.4, -0.2) is 224 Å². The van der Waals surface area contributed by atoms with Gasteiger partial charge in [0, 0.05) is 186 Å². The summed E-state index contributed by atoms with van der Waals surface area (Å²) < 4.78 is 49.4. The summed E-state index contributed by atoms with van der Waals surface area (Å²) in [5, 5.41) is 0. The van der Waals surface area contributed by atoms with Gasteiger partial charge in [0.2, 0.25) is 0 Å². The zero-order valence-electron chi connectivity index (χ0n) is 85.0. The monoisotopic (exact) mass is 1890 g/mol. The maximum Gasteiger partial charge on any atom is 0.187 e. The van der Waals surface area contributed by atoms with Gasteiger partial charge in [0.1, 0.15) is 40.2 Å². The van der Waals surface area contributed by atoms with Crippen molar-refractivity contribution in [2.75, 3.05) is 136 Å². The number of nitrogens with zero attached hydrogens (tertiary/aromatic N) is 7. The van der Waals surface area contributed by atoms with Gasteiger partial charge in [-0.25, -0.2) is 0 Å². The second kappa shape index (κ2) is 52.0. The minimum absolute atomic E-state index is 0.0372. The molecule has 0 bridgehead atoms. The van der Waals surface area contributed by atoms with Crippen molar-refractivity contribution in [1.29, 1.82) is 0 Å². The highest BCUT2D eigenvalue weighted by Crippen LogP contribution is 2.39. The number of likely N-dealkylation sites (tertiary alicyclic amines) is 5. The molecule has 2 aromatic heterocycles. The molecular weight excluding hydrogens is 1750 g/mol. The predicted octanol–water partition coefficient (Wildman–Crippen LogP) is 21.6. The Morgan fingerprint density at radius 2 is 0.593 bits per heavy atom. The lowest BCUT2D eigenvalue weighted by Crippen LogP contribution is -2.41. The Labute approximate surface area is 827 Å². The van der Waals surface area contributed by atoms with Crippen LogP contribution >= 0.6 is 0 Å². The van der Waals surface area contributed by atoms with Gasteiger partial charge >= 0.3 is 0 Å². The number of likely N-dealkylation sites (N-methyl/N-ethyl adjacent to an activating group) is 1. The first kappa shape index (κ1) is 106. The van der Waals surface area contributed by atoms with E-state index in [2.05, 4.69) is 116 Å². The van der Waals surface area contributed by atoms with Gasteiger partial charge in [0.05, 0.1) is 80.9 Å². The summed E-state index contributed by atoms with van der Waals surface area (Å²) in [6.45, 7) is 32.6. The van der Waals surface area contributed by atoms with Gasteiger partial charge in [-0.3, -0.25) is 58.4 Å². The highest BCUT2D eigenvalue weighted by Gasteiger charge is 2.34. The number of aryl methyl sites for hydroxylation is 3. The summed E-state index contributed by atoms with van der Waals surface area (Å²) in [5.74, 6) is 6.88. The lowest BCUT2D eigenvalue weighted by atomic mass is 9.92. The molecule has 0 saturated carbocycles. The van der Waals surface area contributed by atoms with Crippen LogP contribution < -0.4 is 42.6 Å². The number of ketones is 5. The molecule has 140 heavy (non-hydrogen) atoms. The van der Waals surface area contributed by atoms with Crippen LogP contribution in [0.5, 0.6) is 51.7 Å². The molecule has 8 aromatic carbocycles. The molecule has 0 spiro atoms. The molecule has 5 aliphatic rings. The molecule has 0 N–H and O–H groups in total. The average Bonchev–Trinajstić information content (AvgIpc) is 0.803. The number of Topliss-reactive ketones (excluding diaryl/α,β-unsaturated/α-hetero) is 5. The van der Waals surface area contributed by atoms with E-state index in [1.807, 2.05) is 269 Å². The Balaban J connectivity index is 0.000000168. The number of carbonyl (C=O) groups is 5. The van der Waals surface area contributed by atoms with Crippen LogP contribution in [-0.2, 0) is 24.0 Å². The van der Waals surface area contributed by atoms with E-state index in [1.54, 1.807) is 76.4 Å². The highest BCUT2D eigenvalue weighted by molar-refractivity contribution is 6.18. The maximum absolute atomic E-state index is 13.5. The molecule has 5 fully saturated rings. The van der Waals surface area contributed by atoms with E-state index in [9.17, 15) is 24.0 Å². The lowest BCUT2D eigenvalue weighted by molar-refractivity contribution is -0.114. The van der Waals surface area contributed by atoms with Crippen molar-refractivity contribution in [3.05, 3.63) is 347 Å². The number of hydrogen-bond donors (Lipinski definition) is 0. The SMILES string of the molecule is CCN1C/C(=C\c2ccccn2)C(=O)/C(=C/c2ccccn2)C1.COc1cccc(/C=C2\CN(C(C)C)C/C(=C\c3cccc(C)c3)C2=O)c1.COc1cccc(/C=C2\CN(C(C)C)C/C(=C\c3cccc(C)c3OC)C2=O)c1OC.COc1cccc(C)c1/C=C1\CN(C(C)C)C/C(=C\c2c(OC)cccc2OC)C1=O.COc1ccccc1/C=C1\CN(C(C)C)C/C(=C\c2ccccc2OC)C1=O. The number of ether oxygens (including phenoxy) is 9. The smallest absolute Gasteiger partial charge is 0.187 e. The van der Waals surface area contributed by atoms with Gasteiger partial charge in [-0.1, -0.05) is 146 Å². The van der Waals surface area contributed by atoms with E-state index in [4.69, 9.17) is 42.6 Å². The van der Waals surface area contributed by atoms with Gasteiger partial charge in [-0.05, 0) is 239 Å². The maximum atomic E-state index is 13.5. The van der Waals surface area contributed by atoms with Gasteiger partial charge in [-0.15, -0.1) is 0 Å². The molecule has 15 rings (SSSR count). The number of rotatable bonds is 24. The molecule has 730 valence electrons. The Hall–Kier alpha value is -14.2. The van der Waals surface area contributed by atoms with Crippen LogP contribution in [0.3, 0.4) is 0 Å². The molecule has 5 aliphatic heterocycles. The van der Waals surface area contributed by atoms with Crippen LogP contribution in [0.1, 0.15) is 135 Å². The minimum Gasteiger partial charge on any atom is -0.497 e. The largest absolute Gasteiger partial charge is 0.497 e. The summed E-state index contributed by atoms with van der Waals surface area (Å²) in [6, 6.07) is 67.5. The van der Waals surface area contributed by atoms with Crippen molar-refractivity contribution in [2.45, 2.75) is 107 Å². The second-order valence-electron chi connectivity index (χ2n) is 35.9. The number of piperidine rings is 5.